The number of carbonyl (C=O) groups is 1. The Balaban J connectivity index is 1.57. The van der Waals surface area contributed by atoms with Crippen LogP contribution in [0.3, 0.4) is 0 Å². The highest BCUT2D eigenvalue weighted by Crippen LogP contribution is 2.44. The summed E-state index contributed by atoms with van der Waals surface area (Å²) in [5, 5.41) is 10.4. The van der Waals surface area contributed by atoms with Gasteiger partial charge < -0.3 is 24.1 Å². The molecule has 0 radical (unpaired) electrons. The maximum Gasteiger partial charge on any atom is 0.349 e. The third-order valence-electron chi connectivity index (χ3n) is 5.89. The lowest BCUT2D eigenvalue weighted by Gasteiger charge is -2.22. The molecule has 0 bridgehead atoms. The van der Waals surface area contributed by atoms with Gasteiger partial charge in [0.25, 0.3) is 0 Å². The van der Waals surface area contributed by atoms with Gasteiger partial charge in [0, 0.05) is 21.7 Å². The third-order valence-corrected chi connectivity index (χ3v) is 7.01. The molecule has 0 saturated heterocycles. The predicted octanol–water partition coefficient (Wildman–Crippen LogP) is 6.15. The molecule has 1 fully saturated rings. The Hall–Kier alpha value is -2.93. The van der Waals surface area contributed by atoms with Crippen molar-refractivity contribution in [3.05, 3.63) is 46.8 Å². The van der Waals surface area contributed by atoms with Crippen molar-refractivity contribution in [2.24, 2.45) is 5.92 Å². The molecule has 0 unspecified atom stereocenters. The normalized spacial score (nSPS) is 14.3. The minimum Gasteiger partial charge on any atom is -0.493 e. The predicted molar refractivity (Wildman–Crippen MR) is 125 cm³/mol. The minimum atomic E-state index is -1.03. The van der Waals surface area contributed by atoms with E-state index in [1.807, 2.05) is 24.3 Å². The lowest BCUT2D eigenvalue weighted by Crippen LogP contribution is -2.16. The van der Waals surface area contributed by atoms with Gasteiger partial charge >= 0.3 is 5.97 Å². The summed E-state index contributed by atoms with van der Waals surface area (Å²) in [6, 6.07) is 11.3. The van der Waals surface area contributed by atoms with Crippen LogP contribution in [0.2, 0.25) is 0 Å². The maximum absolute atomic E-state index is 11.9. The Kier molecular flexibility index (Phi) is 7.05. The summed E-state index contributed by atoms with van der Waals surface area (Å²) >= 11 is 1.16. The first-order valence-corrected chi connectivity index (χ1v) is 11.7. The Bertz CT molecular complexity index is 1080. The first-order chi connectivity index (χ1) is 15.6. The summed E-state index contributed by atoms with van der Waals surface area (Å²) in [7, 11) is 3.10. The van der Waals surface area contributed by atoms with Crippen LogP contribution in [0.15, 0.2) is 36.4 Å². The molecule has 1 saturated carbocycles. The summed E-state index contributed by atoms with van der Waals surface area (Å²) in [4.78, 5) is 12.0. The number of hydrogen-bond donors (Lipinski definition) is 1. The average Bonchev–Trinajstić information content (AvgIpc) is 3.19. The van der Waals surface area contributed by atoms with Crippen LogP contribution in [0, 0.1) is 5.92 Å². The molecule has 1 N–H and O–H groups in total. The molecule has 0 atom stereocenters. The molecule has 0 aliphatic heterocycles. The topological polar surface area (TPSA) is 74.2 Å². The molecular weight excluding hydrogens is 428 g/mol. The number of rotatable bonds is 9. The molecule has 170 valence electrons. The molecule has 4 rings (SSSR count). The van der Waals surface area contributed by atoms with Crippen LogP contribution in [0.25, 0.3) is 10.1 Å². The van der Waals surface area contributed by atoms with Gasteiger partial charge in [-0.3, -0.25) is 0 Å². The Morgan fingerprint density at radius 3 is 2.44 bits per heavy atom. The second-order valence-electron chi connectivity index (χ2n) is 7.98. The van der Waals surface area contributed by atoms with E-state index in [2.05, 4.69) is 0 Å². The van der Waals surface area contributed by atoms with Gasteiger partial charge in [0.2, 0.25) is 0 Å². The SMILES string of the molecule is COc1cc2sc(C(=O)O)c(OCc3ccccc3OCC3CCCCC3)c2cc1OC. The maximum atomic E-state index is 11.9. The van der Waals surface area contributed by atoms with Crippen molar-refractivity contribution in [2.75, 3.05) is 20.8 Å². The smallest absolute Gasteiger partial charge is 0.349 e. The molecule has 2 aromatic carbocycles. The molecule has 1 aromatic heterocycles. The Morgan fingerprint density at radius 2 is 1.72 bits per heavy atom. The third kappa shape index (κ3) is 4.78. The number of thiophene rings is 1. The number of para-hydroxylation sites is 1. The van der Waals surface area contributed by atoms with Crippen molar-refractivity contribution in [3.8, 4) is 23.0 Å². The van der Waals surface area contributed by atoms with Crippen LogP contribution >= 0.6 is 11.3 Å². The molecule has 1 aliphatic rings. The van der Waals surface area contributed by atoms with Crippen LogP contribution in [0.4, 0.5) is 0 Å². The van der Waals surface area contributed by atoms with Gasteiger partial charge in [-0.1, -0.05) is 37.5 Å². The summed E-state index contributed by atoms with van der Waals surface area (Å²) in [6.07, 6.45) is 6.30. The van der Waals surface area contributed by atoms with Gasteiger partial charge in [-0.2, -0.15) is 0 Å². The van der Waals surface area contributed by atoms with Crippen molar-refractivity contribution in [1.29, 1.82) is 0 Å². The van der Waals surface area contributed by atoms with Crippen LogP contribution in [0.5, 0.6) is 23.0 Å². The fourth-order valence-corrected chi connectivity index (χ4v) is 5.16. The summed E-state index contributed by atoms with van der Waals surface area (Å²) < 4.78 is 23.8. The van der Waals surface area contributed by atoms with Gasteiger partial charge in [-0.05, 0) is 30.9 Å². The van der Waals surface area contributed by atoms with E-state index in [9.17, 15) is 9.90 Å². The number of aromatic carboxylic acids is 1. The second-order valence-corrected chi connectivity index (χ2v) is 9.03. The quantitative estimate of drug-likeness (QED) is 0.416. The van der Waals surface area contributed by atoms with Crippen molar-refractivity contribution < 1.29 is 28.8 Å². The number of methoxy groups -OCH3 is 2. The highest BCUT2D eigenvalue weighted by atomic mass is 32.1. The first-order valence-electron chi connectivity index (χ1n) is 10.9. The summed E-state index contributed by atoms with van der Waals surface area (Å²) in [5.74, 6) is 1.76. The van der Waals surface area contributed by atoms with Gasteiger partial charge in [0.15, 0.2) is 22.1 Å². The van der Waals surface area contributed by atoms with Crippen LogP contribution < -0.4 is 18.9 Å². The van der Waals surface area contributed by atoms with E-state index in [4.69, 9.17) is 18.9 Å². The standard InChI is InChI=1S/C25H28O6S/c1-28-20-12-18-22(13-21(20)29-2)32-24(25(26)27)23(18)31-15-17-10-6-7-11-19(17)30-14-16-8-4-3-5-9-16/h6-7,10-13,16H,3-5,8-9,14-15H2,1-2H3,(H,26,27). The second kappa shape index (κ2) is 10.1. The van der Waals surface area contributed by atoms with E-state index in [0.717, 1.165) is 27.3 Å². The molecule has 1 heterocycles. The molecule has 6 nitrogen and oxygen atoms in total. The van der Waals surface area contributed by atoms with Crippen molar-refractivity contribution in [1.82, 2.24) is 0 Å². The molecule has 0 spiro atoms. The molecular formula is C25H28O6S. The Morgan fingerprint density at radius 1 is 1.00 bits per heavy atom. The fourth-order valence-electron chi connectivity index (χ4n) is 4.16. The van der Waals surface area contributed by atoms with Crippen LogP contribution in [-0.2, 0) is 6.61 Å². The van der Waals surface area contributed by atoms with Crippen LogP contribution in [0.1, 0.15) is 47.3 Å². The van der Waals surface area contributed by atoms with Gasteiger partial charge in [0.05, 0.1) is 20.8 Å². The first kappa shape index (κ1) is 22.3. The monoisotopic (exact) mass is 456 g/mol. The fraction of sp³-hybridized carbons (Fsp3) is 0.400. The van der Waals surface area contributed by atoms with E-state index >= 15 is 0 Å². The lowest BCUT2D eigenvalue weighted by atomic mass is 9.90. The zero-order valence-electron chi connectivity index (χ0n) is 18.4. The number of carboxylic acid groups (broad SMARTS) is 1. The van der Waals surface area contributed by atoms with Crippen molar-refractivity contribution >= 4 is 27.4 Å². The molecule has 7 heteroatoms. The summed E-state index contributed by atoms with van der Waals surface area (Å²) in [6.45, 7) is 0.914. The van der Waals surface area contributed by atoms with Gasteiger partial charge in [-0.15, -0.1) is 11.3 Å². The van der Waals surface area contributed by atoms with Gasteiger partial charge in [0.1, 0.15) is 12.4 Å². The number of ether oxygens (including phenoxy) is 4. The van der Waals surface area contributed by atoms with Crippen LogP contribution in [-0.4, -0.2) is 31.9 Å². The van der Waals surface area contributed by atoms with E-state index in [-0.39, 0.29) is 11.5 Å². The molecule has 0 amide bonds. The van der Waals surface area contributed by atoms with Crippen molar-refractivity contribution in [2.45, 2.75) is 38.7 Å². The largest absolute Gasteiger partial charge is 0.493 e. The van der Waals surface area contributed by atoms with E-state index in [1.165, 1.54) is 32.1 Å². The number of hydrogen-bond acceptors (Lipinski definition) is 6. The van der Waals surface area contributed by atoms with E-state index < -0.39 is 5.97 Å². The zero-order valence-corrected chi connectivity index (χ0v) is 19.2. The zero-order chi connectivity index (χ0) is 22.5. The highest BCUT2D eigenvalue weighted by Gasteiger charge is 2.22. The molecule has 1 aliphatic carbocycles. The highest BCUT2D eigenvalue weighted by molar-refractivity contribution is 7.21. The van der Waals surface area contributed by atoms with Crippen molar-refractivity contribution in [3.63, 3.8) is 0 Å². The number of carboxylic acids is 1. The lowest BCUT2D eigenvalue weighted by molar-refractivity contribution is 0.0698. The molecule has 32 heavy (non-hydrogen) atoms. The Labute approximate surface area is 191 Å². The van der Waals surface area contributed by atoms with Gasteiger partial charge in [-0.25, -0.2) is 4.79 Å². The van der Waals surface area contributed by atoms with E-state index in [0.29, 0.717) is 35.2 Å². The number of benzene rings is 2. The average molecular weight is 457 g/mol. The number of fused-ring (bicyclic) bond motifs is 1. The minimum absolute atomic E-state index is 0.149. The van der Waals surface area contributed by atoms with E-state index in [1.54, 1.807) is 26.4 Å². The summed E-state index contributed by atoms with van der Waals surface area (Å²) in [5.41, 5.74) is 0.888. The molecule has 3 aromatic rings.